The first-order valence-corrected chi connectivity index (χ1v) is 11.1. The maximum Gasteiger partial charge on any atom is 0.259 e. The maximum absolute atomic E-state index is 12.2. The van der Waals surface area contributed by atoms with Crippen LogP contribution in [-0.2, 0) is 4.74 Å². The molecule has 148 valence electrons. The van der Waals surface area contributed by atoms with Crippen molar-refractivity contribution in [2.75, 3.05) is 50.8 Å². The lowest BCUT2D eigenvalue weighted by Gasteiger charge is -2.45. The molecule has 4 fully saturated rings. The van der Waals surface area contributed by atoms with Gasteiger partial charge in [-0.05, 0) is 61.2 Å². The van der Waals surface area contributed by atoms with E-state index in [1.165, 1.54) is 42.7 Å². The van der Waals surface area contributed by atoms with Gasteiger partial charge in [-0.25, -0.2) is 0 Å². The first kappa shape index (κ1) is 18.2. The van der Waals surface area contributed by atoms with Gasteiger partial charge in [-0.3, -0.25) is 4.79 Å². The second-order valence-electron chi connectivity index (χ2n) is 8.15. The fraction of sp³-hybridized carbons (Fsp3) is 0.500. The number of rotatable bonds is 4. The largest absolute Gasteiger partial charge is 0.378 e. The molecule has 2 bridgehead atoms. The highest BCUT2D eigenvalue weighted by molar-refractivity contribution is 7.17. The third-order valence-corrected chi connectivity index (χ3v) is 7.76. The molecule has 4 saturated heterocycles. The average molecular weight is 398 g/mol. The summed E-state index contributed by atoms with van der Waals surface area (Å²) in [6, 6.07) is 10.9. The van der Waals surface area contributed by atoms with Crippen LogP contribution in [0.4, 0.5) is 5.69 Å². The van der Waals surface area contributed by atoms with E-state index >= 15 is 0 Å². The Bertz CT molecular complexity index is 866. The SMILES string of the molecule is NC(=O)c1sc(-c2cccc(N3CCOCC3)c2)cc1C1CN2CCC1CC2. The van der Waals surface area contributed by atoms with Crippen molar-refractivity contribution in [3.63, 3.8) is 0 Å². The fourth-order valence-corrected chi connectivity index (χ4v) is 6.09. The fourth-order valence-electron chi connectivity index (χ4n) is 5.01. The molecule has 6 rings (SSSR count). The summed E-state index contributed by atoms with van der Waals surface area (Å²) >= 11 is 1.56. The molecule has 1 unspecified atom stereocenters. The third-order valence-electron chi connectivity index (χ3n) is 6.55. The number of amides is 1. The number of morpholine rings is 1. The highest BCUT2D eigenvalue weighted by Crippen LogP contribution is 2.44. The highest BCUT2D eigenvalue weighted by atomic mass is 32.1. The summed E-state index contributed by atoms with van der Waals surface area (Å²) in [6.45, 7) is 6.86. The van der Waals surface area contributed by atoms with Crippen molar-refractivity contribution in [3.8, 4) is 10.4 Å². The van der Waals surface area contributed by atoms with Crippen molar-refractivity contribution in [1.29, 1.82) is 0 Å². The average Bonchev–Trinajstić information content (AvgIpc) is 3.21. The van der Waals surface area contributed by atoms with Crippen LogP contribution in [0.25, 0.3) is 10.4 Å². The molecule has 4 aliphatic rings. The van der Waals surface area contributed by atoms with Gasteiger partial charge in [-0.1, -0.05) is 12.1 Å². The summed E-state index contributed by atoms with van der Waals surface area (Å²) in [5, 5.41) is 0. The molecule has 4 aliphatic heterocycles. The van der Waals surface area contributed by atoms with Gasteiger partial charge in [-0.15, -0.1) is 11.3 Å². The second-order valence-corrected chi connectivity index (χ2v) is 9.21. The van der Waals surface area contributed by atoms with Crippen molar-refractivity contribution in [1.82, 2.24) is 4.90 Å². The number of thiophene rings is 1. The Balaban J connectivity index is 1.48. The van der Waals surface area contributed by atoms with Crippen LogP contribution >= 0.6 is 11.3 Å². The van der Waals surface area contributed by atoms with Crippen LogP contribution < -0.4 is 10.6 Å². The molecule has 0 spiro atoms. The van der Waals surface area contributed by atoms with E-state index in [0.29, 0.717) is 11.8 Å². The normalized spacial score (nSPS) is 27.1. The number of piperidine rings is 3. The van der Waals surface area contributed by atoms with Gasteiger partial charge in [0.15, 0.2) is 0 Å². The lowest BCUT2D eigenvalue weighted by atomic mass is 9.75. The van der Waals surface area contributed by atoms with Gasteiger partial charge in [0.2, 0.25) is 0 Å². The Morgan fingerprint density at radius 3 is 2.57 bits per heavy atom. The van der Waals surface area contributed by atoms with Gasteiger partial charge in [0.25, 0.3) is 5.91 Å². The molecular weight excluding hydrogens is 370 g/mol. The quantitative estimate of drug-likeness (QED) is 0.861. The lowest BCUT2D eigenvalue weighted by molar-refractivity contribution is 0.0859. The summed E-state index contributed by atoms with van der Waals surface area (Å²) in [7, 11) is 0. The zero-order chi connectivity index (χ0) is 19.1. The van der Waals surface area contributed by atoms with Crippen molar-refractivity contribution in [2.24, 2.45) is 11.7 Å². The molecule has 0 radical (unpaired) electrons. The Morgan fingerprint density at radius 1 is 1.11 bits per heavy atom. The van der Waals surface area contributed by atoms with Crippen LogP contribution in [0.3, 0.4) is 0 Å². The van der Waals surface area contributed by atoms with E-state index in [0.717, 1.165) is 42.6 Å². The van der Waals surface area contributed by atoms with Gasteiger partial charge in [-0.2, -0.15) is 0 Å². The molecule has 0 saturated carbocycles. The molecule has 2 aromatic rings. The van der Waals surface area contributed by atoms with Crippen LogP contribution in [0.1, 0.15) is 34.0 Å². The van der Waals surface area contributed by atoms with Gasteiger partial charge in [0.1, 0.15) is 0 Å². The number of anilines is 1. The molecule has 1 aromatic heterocycles. The van der Waals surface area contributed by atoms with E-state index in [-0.39, 0.29) is 5.91 Å². The van der Waals surface area contributed by atoms with Crippen molar-refractivity contribution < 1.29 is 9.53 Å². The first-order valence-electron chi connectivity index (χ1n) is 10.3. The van der Waals surface area contributed by atoms with Crippen LogP contribution in [0.2, 0.25) is 0 Å². The molecule has 1 aromatic carbocycles. The molecule has 0 aliphatic carbocycles. The van der Waals surface area contributed by atoms with Crippen molar-refractivity contribution in [2.45, 2.75) is 18.8 Å². The van der Waals surface area contributed by atoms with Crippen LogP contribution in [-0.4, -0.2) is 56.7 Å². The molecule has 28 heavy (non-hydrogen) atoms. The minimum atomic E-state index is -0.285. The smallest absolute Gasteiger partial charge is 0.259 e. The molecule has 1 atom stereocenters. The number of nitrogens with two attached hydrogens (primary N) is 1. The molecular formula is C22H27N3O2S. The van der Waals surface area contributed by atoms with Crippen LogP contribution in [0, 0.1) is 5.92 Å². The van der Waals surface area contributed by atoms with E-state index < -0.39 is 0 Å². The molecule has 1 amide bonds. The number of nitrogens with zero attached hydrogens (tertiary/aromatic N) is 2. The second kappa shape index (κ2) is 7.50. The Morgan fingerprint density at radius 2 is 1.89 bits per heavy atom. The van der Waals surface area contributed by atoms with Crippen LogP contribution in [0.5, 0.6) is 0 Å². The van der Waals surface area contributed by atoms with Gasteiger partial charge >= 0.3 is 0 Å². The number of ether oxygens (including phenoxy) is 1. The van der Waals surface area contributed by atoms with E-state index in [1.807, 2.05) is 0 Å². The number of carbonyl (C=O) groups is 1. The Kier molecular flexibility index (Phi) is 4.87. The Labute approximate surface area is 170 Å². The summed E-state index contributed by atoms with van der Waals surface area (Å²) in [5.74, 6) is 0.842. The molecule has 6 heteroatoms. The van der Waals surface area contributed by atoms with E-state index in [1.54, 1.807) is 11.3 Å². The first-order chi connectivity index (χ1) is 13.7. The molecule has 2 N–H and O–H groups in total. The molecule has 5 heterocycles. The van der Waals surface area contributed by atoms with Gasteiger partial charge in [0.05, 0.1) is 18.1 Å². The van der Waals surface area contributed by atoms with E-state index in [9.17, 15) is 4.79 Å². The van der Waals surface area contributed by atoms with Gasteiger partial charge < -0.3 is 20.3 Å². The summed E-state index contributed by atoms with van der Waals surface area (Å²) in [6.07, 6.45) is 2.47. The number of hydrogen-bond donors (Lipinski definition) is 1. The summed E-state index contributed by atoms with van der Waals surface area (Å²) in [4.78, 5) is 19.0. The minimum Gasteiger partial charge on any atom is -0.378 e. The van der Waals surface area contributed by atoms with E-state index in [2.05, 4.69) is 40.1 Å². The zero-order valence-corrected chi connectivity index (χ0v) is 16.9. The third kappa shape index (κ3) is 3.34. The van der Waals surface area contributed by atoms with E-state index in [4.69, 9.17) is 10.5 Å². The number of fused-ring (bicyclic) bond motifs is 3. The topological polar surface area (TPSA) is 58.8 Å². The van der Waals surface area contributed by atoms with Gasteiger partial charge in [0, 0.05) is 36.1 Å². The standard InChI is InChI=1S/C22H27N3O2S/c23-22(26)21-18(19-14-24-6-4-15(19)5-7-24)13-20(28-21)16-2-1-3-17(12-16)25-8-10-27-11-9-25/h1-3,12-13,15,19H,4-11,14H2,(H2,23,26). The number of carbonyl (C=O) groups excluding carboxylic acids is 1. The summed E-state index contributed by atoms with van der Waals surface area (Å²) in [5.41, 5.74) is 9.36. The Hall–Kier alpha value is -1.89. The maximum atomic E-state index is 12.2. The lowest BCUT2D eigenvalue weighted by Crippen LogP contribution is -2.46. The minimum absolute atomic E-state index is 0.285. The van der Waals surface area contributed by atoms with Crippen LogP contribution in [0.15, 0.2) is 30.3 Å². The highest BCUT2D eigenvalue weighted by Gasteiger charge is 2.37. The number of benzene rings is 1. The predicted molar refractivity (Wildman–Crippen MR) is 113 cm³/mol. The zero-order valence-electron chi connectivity index (χ0n) is 16.1. The monoisotopic (exact) mass is 397 g/mol. The number of hydrogen-bond acceptors (Lipinski definition) is 5. The molecule has 5 nitrogen and oxygen atoms in total. The predicted octanol–water partition coefficient (Wildman–Crippen LogP) is 3.16. The summed E-state index contributed by atoms with van der Waals surface area (Å²) < 4.78 is 5.48. The van der Waals surface area contributed by atoms with Crippen molar-refractivity contribution >= 4 is 22.9 Å². The van der Waals surface area contributed by atoms with Crippen molar-refractivity contribution in [3.05, 3.63) is 40.8 Å². The number of primary amides is 1.